The topological polar surface area (TPSA) is 79.5 Å². The van der Waals surface area contributed by atoms with Crippen molar-refractivity contribution in [3.63, 3.8) is 0 Å². The summed E-state index contributed by atoms with van der Waals surface area (Å²) >= 11 is 0. The van der Waals surface area contributed by atoms with Crippen LogP contribution in [0.5, 0.6) is 0 Å². The second kappa shape index (κ2) is 7.84. The molecule has 0 radical (unpaired) electrons. The van der Waals surface area contributed by atoms with Gasteiger partial charge in [0.2, 0.25) is 0 Å². The number of nitrogens with zero attached hydrogens (tertiary/aromatic N) is 4. The molecule has 1 fully saturated rings. The molecule has 1 saturated carbocycles. The molecule has 3 aromatic rings. The van der Waals surface area contributed by atoms with Crippen molar-refractivity contribution in [2.24, 2.45) is 17.8 Å². The van der Waals surface area contributed by atoms with Crippen molar-refractivity contribution in [2.75, 3.05) is 0 Å². The summed E-state index contributed by atoms with van der Waals surface area (Å²) in [5, 5.41) is 9.71. The third-order valence-electron chi connectivity index (χ3n) is 7.52. The molecule has 0 N–H and O–H groups in total. The normalized spacial score (nSPS) is 26.3. The first-order valence-electron chi connectivity index (χ1n) is 11.4. The highest BCUT2D eigenvalue weighted by Crippen LogP contribution is 2.53. The van der Waals surface area contributed by atoms with Crippen LogP contribution in [0.4, 0.5) is 4.39 Å². The number of hydrogen-bond acceptors (Lipinski definition) is 5. The van der Waals surface area contributed by atoms with E-state index in [1.807, 2.05) is 26.0 Å². The molecule has 2 aromatic heterocycles. The van der Waals surface area contributed by atoms with Crippen LogP contribution in [0.1, 0.15) is 43.6 Å². The van der Waals surface area contributed by atoms with Gasteiger partial charge in [-0.2, -0.15) is 5.26 Å². The summed E-state index contributed by atoms with van der Waals surface area (Å²) in [5.41, 5.74) is 4.88. The van der Waals surface area contributed by atoms with Crippen LogP contribution in [0, 0.1) is 41.8 Å². The van der Waals surface area contributed by atoms with Gasteiger partial charge < -0.3 is 0 Å². The van der Waals surface area contributed by atoms with E-state index >= 15 is 0 Å². The molecule has 5 rings (SSSR count). The predicted octanol–water partition coefficient (Wildman–Crippen LogP) is 5.22. The fraction of sp³-hybridized carbons (Fsp3) is 0.370. The lowest BCUT2D eigenvalue weighted by Crippen LogP contribution is -2.50. The molecule has 2 heterocycles. The van der Waals surface area contributed by atoms with E-state index in [0.29, 0.717) is 12.2 Å². The number of pyridine rings is 1. The molecule has 2 aliphatic rings. The summed E-state index contributed by atoms with van der Waals surface area (Å²) in [7, 11) is 0. The molecule has 5 nitrogen and oxygen atoms in total. The zero-order valence-electron chi connectivity index (χ0n) is 19.0. The van der Waals surface area contributed by atoms with Gasteiger partial charge in [-0.1, -0.05) is 13.8 Å². The Balaban J connectivity index is 1.76. The molecule has 1 unspecified atom stereocenters. The van der Waals surface area contributed by atoms with Gasteiger partial charge in [-0.05, 0) is 68.5 Å². The number of hydrogen-bond donors (Lipinski definition) is 0. The molecule has 33 heavy (non-hydrogen) atoms. The summed E-state index contributed by atoms with van der Waals surface area (Å²) in [6, 6.07) is 12.5. The summed E-state index contributed by atoms with van der Waals surface area (Å²) in [4.78, 5) is 27.1. The number of Topliss-reactive ketones (excluding diaryl/α,β-unsaturated/α-hetero) is 1. The lowest BCUT2D eigenvalue weighted by Gasteiger charge is -2.49. The lowest BCUT2D eigenvalue weighted by molar-refractivity contribution is -0.132. The summed E-state index contributed by atoms with van der Waals surface area (Å²) in [6.45, 7) is 6.02. The van der Waals surface area contributed by atoms with Crippen LogP contribution in [-0.4, -0.2) is 20.7 Å². The maximum Gasteiger partial charge on any atom is 0.160 e. The van der Waals surface area contributed by atoms with E-state index in [0.717, 1.165) is 46.6 Å². The van der Waals surface area contributed by atoms with Gasteiger partial charge in [-0.3, -0.25) is 9.78 Å². The SMILES string of the molecule is Cc1cc(-c2nc(-c3ccc(F)cc3)c3c(n2)[C@]2(C)CC(C#N)C(=O)[C@H](C)[C@H]2CC3)ccn1. The molecule has 0 spiro atoms. The maximum absolute atomic E-state index is 13.7. The number of rotatable bonds is 2. The molecule has 166 valence electrons. The highest BCUT2D eigenvalue weighted by atomic mass is 19.1. The van der Waals surface area contributed by atoms with E-state index in [1.165, 1.54) is 12.1 Å². The van der Waals surface area contributed by atoms with E-state index in [9.17, 15) is 14.4 Å². The third-order valence-corrected chi connectivity index (χ3v) is 7.52. The smallest absolute Gasteiger partial charge is 0.160 e. The molecule has 0 bridgehead atoms. The first-order valence-corrected chi connectivity index (χ1v) is 11.4. The molecule has 0 saturated heterocycles. The van der Waals surface area contributed by atoms with Crippen molar-refractivity contribution in [1.29, 1.82) is 5.26 Å². The van der Waals surface area contributed by atoms with Crippen molar-refractivity contribution in [3.05, 3.63) is 65.4 Å². The second-order valence-electron chi connectivity index (χ2n) is 9.56. The Hall–Kier alpha value is -3.46. The number of carbonyl (C=O) groups excluding carboxylic acids is 1. The zero-order valence-corrected chi connectivity index (χ0v) is 19.0. The number of ketones is 1. The van der Waals surface area contributed by atoms with E-state index in [4.69, 9.17) is 9.97 Å². The molecular formula is C27H25FN4O. The van der Waals surface area contributed by atoms with Crippen molar-refractivity contribution in [1.82, 2.24) is 15.0 Å². The lowest BCUT2D eigenvalue weighted by atomic mass is 9.54. The van der Waals surface area contributed by atoms with Crippen LogP contribution in [0.3, 0.4) is 0 Å². The van der Waals surface area contributed by atoms with Crippen LogP contribution >= 0.6 is 0 Å². The zero-order chi connectivity index (χ0) is 23.3. The Labute approximate surface area is 192 Å². The quantitative estimate of drug-likeness (QED) is 0.546. The van der Waals surface area contributed by atoms with E-state index in [-0.39, 0.29) is 23.4 Å². The van der Waals surface area contributed by atoms with Gasteiger partial charge in [0.25, 0.3) is 0 Å². The number of aryl methyl sites for hydroxylation is 1. The minimum Gasteiger partial charge on any atom is -0.298 e. The number of carbonyl (C=O) groups is 1. The molecule has 0 amide bonds. The molecule has 2 aliphatic carbocycles. The van der Waals surface area contributed by atoms with E-state index in [1.54, 1.807) is 18.3 Å². The Bertz CT molecular complexity index is 1300. The summed E-state index contributed by atoms with van der Waals surface area (Å²) in [5.74, 6) is -0.388. The maximum atomic E-state index is 13.7. The highest BCUT2D eigenvalue weighted by molar-refractivity contribution is 5.87. The predicted molar refractivity (Wildman–Crippen MR) is 122 cm³/mol. The Morgan fingerprint density at radius 2 is 1.91 bits per heavy atom. The number of aromatic nitrogens is 3. The van der Waals surface area contributed by atoms with Gasteiger partial charge in [-0.15, -0.1) is 0 Å². The van der Waals surface area contributed by atoms with Crippen molar-refractivity contribution in [2.45, 2.75) is 45.4 Å². The van der Waals surface area contributed by atoms with Crippen LogP contribution in [0.2, 0.25) is 0 Å². The van der Waals surface area contributed by atoms with Crippen molar-refractivity contribution < 1.29 is 9.18 Å². The van der Waals surface area contributed by atoms with Crippen molar-refractivity contribution >= 4 is 5.78 Å². The van der Waals surface area contributed by atoms with Crippen LogP contribution in [0.15, 0.2) is 42.6 Å². The van der Waals surface area contributed by atoms with Crippen LogP contribution in [0.25, 0.3) is 22.6 Å². The number of benzene rings is 1. The fourth-order valence-corrected chi connectivity index (χ4v) is 5.85. The van der Waals surface area contributed by atoms with Gasteiger partial charge >= 0.3 is 0 Å². The van der Waals surface area contributed by atoms with Gasteiger partial charge in [0.05, 0.1) is 17.5 Å². The molecule has 6 heteroatoms. The Morgan fingerprint density at radius 3 is 2.61 bits per heavy atom. The molecule has 4 atom stereocenters. The minimum absolute atomic E-state index is 0.0428. The van der Waals surface area contributed by atoms with E-state index < -0.39 is 11.3 Å². The Kier molecular flexibility index (Phi) is 5.08. The monoisotopic (exact) mass is 440 g/mol. The number of halogens is 1. The van der Waals surface area contributed by atoms with Gasteiger partial charge in [0.1, 0.15) is 11.7 Å². The largest absolute Gasteiger partial charge is 0.298 e. The number of fused-ring (bicyclic) bond motifs is 3. The number of nitriles is 1. The average Bonchev–Trinajstić information content (AvgIpc) is 2.81. The first-order chi connectivity index (χ1) is 15.8. The standard InChI is InChI=1S/C27H25FN4O/c1-15-12-18(10-11-30-15)26-31-23(17-4-6-20(28)7-5-17)21-8-9-22-16(2)24(33)19(14-29)13-27(22,3)25(21)32-26/h4-7,10-12,16,19,22H,8-9,13H2,1-3H3/t16-,19?,22-,27-/m1/s1. The highest BCUT2D eigenvalue weighted by Gasteiger charge is 2.53. The molecule has 0 aliphatic heterocycles. The second-order valence-corrected chi connectivity index (χ2v) is 9.56. The summed E-state index contributed by atoms with van der Waals surface area (Å²) in [6.07, 6.45) is 3.77. The third kappa shape index (κ3) is 3.43. The van der Waals surface area contributed by atoms with Gasteiger partial charge in [-0.25, -0.2) is 14.4 Å². The van der Waals surface area contributed by atoms with Crippen molar-refractivity contribution in [3.8, 4) is 28.7 Å². The molecular weight excluding hydrogens is 415 g/mol. The first kappa shape index (κ1) is 21.4. The Morgan fingerprint density at radius 1 is 1.15 bits per heavy atom. The average molecular weight is 441 g/mol. The fourth-order valence-electron chi connectivity index (χ4n) is 5.85. The van der Waals surface area contributed by atoms with Crippen LogP contribution < -0.4 is 0 Å². The molecule has 1 aromatic carbocycles. The van der Waals surface area contributed by atoms with E-state index in [2.05, 4.69) is 18.0 Å². The van der Waals surface area contributed by atoms with Gasteiger partial charge in [0, 0.05) is 39.9 Å². The minimum atomic E-state index is -0.636. The van der Waals surface area contributed by atoms with Crippen LogP contribution in [-0.2, 0) is 16.6 Å². The van der Waals surface area contributed by atoms with Gasteiger partial charge in [0.15, 0.2) is 11.6 Å². The summed E-state index contributed by atoms with van der Waals surface area (Å²) < 4.78 is 13.7.